The van der Waals surface area contributed by atoms with Crippen LogP contribution in [0.1, 0.15) is 57.2 Å². The maximum absolute atomic E-state index is 6.16. The molecule has 1 aromatic carbocycles. The van der Waals surface area contributed by atoms with E-state index in [0.29, 0.717) is 5.41 Å². The largest absolute Gasteiger partial charge is 0.494 e. The van der Waals surface area contributed by atoms with Gasteiger partial charge in [-0.1, -0.05) is 26.8 Å². The summed E-state index contributed by atoms with van der Waals surface area (Å²) in [6.45, 7) is 7.48. The zero-order valence-corrected chi connectivity index (χ0v) is 11.8. The van der Waals surface area contributed by atoms with Crippen LogP contribution in [0.3, 0.4) is 0 Å². The van der Waals surface area contributed by atoms with Crippen LogP contribution in [0.4, 0.5) is 0 Å². The molecule has 1 aliphatic rings. The van der Waals surface area contributed by atoms with E-state index in [-0.39, 0.29) is 6.04 Å². The van der Waals surface area contributed by atoms with Crippen molar-refractivity contribution >= 4 is 0 Å². The Morgan fingerprint density at radius 3 is 2.83 bits per heavy atom. The summed E-state index contributed by atoms with van der Waals surface area (Å²) in [4.78, 5) is 0. The van der Waals surface area contributed by atoms with Crippen molar-refractivity contribution in [3.63, 3.8) is 0 Å². The molecule has 1 aromatic rings. The summed E-state index contributed by atoms with van der Waals surface area (Å²) in [5.74, 6) is 0.968. The first-order valence-corrected chi connectivity index (χ1v) is 6.97. The molecule has 100 valence electrons. The molecule has 0 radical (unpaired) electrons. The van der Waals surface area contributed by atoms with E-state index >= 15 is 0 Å². The van der Waals surface area contributed by atoms with Gasteiger partial charge in [-0.25, -0.2) is 0 Å². The summed E-state index contributed by atoms with van der Waals surface area (Å²) in [5.41, 5.74) is 9.17. The van der Waals surface area contributed by atoms with Gasteiger partial charge in [0, 0.05) is 6.04 Å². The highest BCUT2D eigenvalue weighted by Gasteiger charge is 2.17. The van der Waals surface area contributed by atoms with Gasteiger partial charge >= 0.3 is 0 Å². The first-order valence-electron chi connectivity index (χ1n) is 6.97. The molecule has 0 spiro atoms. The van der Waals surface area contributed by atoms with Crippen LogP contribution in [0.15, 0.2) is 18.2 Å². The standard InChI is InChI=1S/C16H25NO/c1-16(2,3)9-10-18-13-8-7-12-5-4-6-15(17)14(12)11-13/h7-8,11,15H,4-6,9-10,17H2,1-3H3/t15-/m0/s1. The fourth-order valence-electron chi connectivity index (χ4n) is 2.38. The van der Waals surface area contributed by atoms with Crippen molar-refractivity contribution < 1.29 is 4.74 Å². The molecule has 1 atom stereocenters. The van der Waals surface area contributed by atoms with Crippen LogP contribution in [-0.2, 0) is 6.42 Å². The third kappa shape index (κ3) is 3.49. The predicted octanol–water partition coefficient (Wildman–Crippen LogP) is 3.84. The van der Waals surface area contributed by atoms with Crippen LogP contribution in [0.5, 0.6) is 5.75 Å². The van der Waals surface area contributed by atoms with E-state index in [2.05, 4.69) is 39.0 Å². The molecule has 0 fully saturated rings. The molecule has 1 aliphatic carbocycles. The smallest absolute Gasteiger partial charge is 0.119 e. The molecule has 0 aromatic heterocycles. The summed E-state index contributed by atoms with van der Waals surface area (Å²) in [6, 6.07) is 6.60. The number of hydrogen-bond donors (Lipinski definition) is 1. The Morgan fingerprint density at radius 2 is 2.11 bits per heavy atom. The third-order valence-electron chi connectivity index (χ3n) is 3.60. The Bertz CT molecular complexity index is 406. The van der Waals surface area contributed by atoms with Crippen molar-refractivity contribution in [2.75, 3.05) is 6.61 Å². The number of rotatable bonds is 3. The van der Waals surface area contributed by atoms with E-state index in [1.165, 1.54) is 17.5 Å². The highest BCUT2D eigenvalue weighted by atomic mass is 16.5. The predicted molar refractivity (Wildman–Crippen MR) is 75.9 cm³/mol. The molecular formula is C16H25NO. The summed E-state index contributed by atoms with van der Waals surface area (Å²) in [7, 11) is 0. The van der Waals surface area contributed by atoms with Crippen molar-refractivity contribution in [3.8, 4) is 5.75 Å². The normalized spacial score (nSPS) is 19.4. The van der Waals surface area contributed by atoms with Gasteiger partial charge in [0.25, 0.3) is 0 Å². The molecular weight excluding hydrogens is 222 g/mol. The number of nitrogens with two attached hydrogens (primary N) is 1. The lowest BCUT2D eigenvalue weighted by Crippen LogP contribution is -2.17. The van der Waals surface area contributed by atoms with Crippen molar-refractivity contribution in [1.82, 2.24) is 0 Å². The number of benzene rings is 1. The van der Waals surface area contributed by atoms with Gasteiger partial charge in [-0.3, -0.25) is 0 Å². The van der Waals surface area contributed by atoms with E-state index in [9.17, 15) is 0 Å². The van der Waals surface area contributed by atoms with Crippen LogP contribution in [0, 0.1) is 5.41 Å². The zero-order valence-electron chi connectivity index (χ0n) is 11.8. The minimum Gasteiger partial charge on any atom is -0.494 e. The number of hydrogen-bond acceptors (Lipinski definition) is 2. The second-order valence-corrected chi connectivity index (χ2v) is 6.52. The SMILES string of the molecule is CC(C)(C)CCOc1ccc2c(c1)[C@@H](N)CCC2. The van der Waals surface area contributed by atoms with E-state index in [4.69, 9.17) is 10.5 Å². The monoisotopic (exact) mass is 247 g/mol. The number of fused-ring (bicyclic) bond motifs is 1. The molecule has 0 saturated carbocycles. The summed E-state index contributed by atoms with van der Waals surface area (Å²) in [6.07, 6.45) is 4.53. The zero-order chi connectivity index (χ0) is 13.2. The number of ether oxygens (including phenoxy) is 1. The molecule has 2 heteroatoms. The van der Waals surface area contributed by atoms with Crippen LogP contribution in [0.2, 0.25) is 0 Å². The van der Waals surface area contributed by atoms with E-state index < -0.39 is 0 Å². The molecule has 0 saturated heterocycles. The minimum absolute atomic E-state index is 0.194. The van der Waals surface area contributed by atoms with Crippen LogP contribution >= 0.6 is 0 Å². The third-order valence-corrected chi connectivity index (χ3v) is 3.60. The number of aryl methyl sites for hydroxylation is 1. The molecule has 0 heterocycles. The van der Waals surface area contributed by atoms with Crippen LogP contribution in [-0.4, -0.2) is 6.61 Å². The van der Waals surface area contributed by atoms with Gasteiger partial charge in [0.15, 0.2) is 0 Å². The first-order chi connectivity index (χ1) is 8.46. The maximum Gasteiger partial charge on any atom is 0.119 e. The van der Waals surface area contributed by atoms with E-state index in [1.54, 1.807) is 0 Å². The van der Waals surface area contributed by atoms with Crippen molar-refractivity contribution in [2.24, 2.45) is 11.1 Å². The molecule has 2 nitrogen and oxygen atoms in total. The van der Waals surface area contributed by atoms with Gasteiger partial charge in [-0.15, -0.1) is 0 Å². The van der Waals surface area contributed by atoms with Crippen molar-refractivity contribution in [3.05, 3.63) is 29.3 Å². The van der Waals surface area contributed by atoms with E-state index in [0.717, 1.165) is 31.6 Å². The van der Waals surface area contributed by atoms with Gasteiger partial charge in [0.2, 0.25) is 0 Å². The molecule has 0 amide bonds. The highest BCUT2D eigenvalue weighted by Crippen LogP contribution is 2.31. The van der Waals surface area contributed by atoms with Gasteiger partial charge in [-0.05, 0) is 54.4 Å². The fourth-order valence-corrected chi connectivity index (χ4v) is 2.38. The molecule has 0 aliphatic heterocycles. The highest BCUT2D eigenvalue weighted by molar-refractivity contribution is 5.39. The molecule has 2 N–H and O–H groups in total. The second kappa shape index (κ2) is 5.31. The van der Waals surface area contributed by atoms with Crippen molar-refractivity contribution in [2.45, 2.75) is 52.5 Å². The van der Waals surface area contributed by atoms with Gasteiger partial charge in [0.05, 0.1) is 6.61 Å². The summed E-state index contributed by atoms with van der Waals surface area (Å²) < 4.78 is 5.84. The molecule has 2 rings (SSSR count). The lowest BCUT2D eigenvalue weighted by molar-refractivity contribution is 0.242. The molecule has 0 unspecified atom stereocenters. The summed E-state index contributed by atoms with van der Waals surface area (Å²) in [5, 5.41) is 0. The lowest BCUT2D eigenvalue weighted by Gasteiger charge is -2.23. The Kier molecular flexibility index (Phi) is 3.96. The van der Waals surface area contributed by atoms with Crippen molar-refractivity contribution in [1.29, 1.82) is 0 Å². The maximum atomic E-state index is 6.16. The first kappa shape index (κ1) is 13.4. The molecule has 0 bridgehead atoms. The van der Waals surface area contributed by atoms with Gasteiger partial charge in [0.1, 0.15) is 5.75 Å². The minimum atomic E-state index is 0.194. The quantitative estimate of drug-likeness (QED) is 0.880. The van der Waals surface area contributed by atoms with Gasteiger partial charge < -0.3 is 10.5 Å². The van der Waals surface area contributed by atoms with Crippen LogP contribution < -0.4 is 10.5 Å². The van der Waals surface area contributed by atoms with Crippen LogP contribution in [0.25, 0.3) is 0 Å². The molecule has 18 heavy (non-hydrogen) atoms. The van der Waals surface area contributed by atoms with E-state index in [1.807, 2.05) is 0 Å². The average molecular weight is 247 g/mol. The Balaban J connectivity index is 2.00. The average Bonchev–Trinajstić information content (AvgIpc) is 2.28. The summed E-state index contributed by atoms with van der Waals surface area (Å²) >= 11 is 0. The Labute approximate surface area is 111 Å². The lowest BCUT2D eigenvalue weighted by atomic mass is 9.88. The van der Waals surface area contributed by atoms with Gasteiger partial charge in [-0.2, -0.15) is 0 Å². The fraction of sp³-hybridized carbons (Fsp3) is 0.625. The Hall–Kier alpha value is -1.02. The Morgan fingerprint density at radius 1 is 1.33 bits per heavy atom. The topological polar surface area (TPSA) is 35.2 Å². The second-order valence-electron chi connectivity index (χ2n) is 6.52.